The molecule has 0 saturated carbocycles. The monoisotopic (exact) mass is 476 g/mol. The first-order valence-electron chi connectivity index (χ1n) is 8.02. The van der Waals surface area contributed by atoms with Crippen molar-refractivity contribution in [2.75, 3.05) is 13.6 Å². The average Bonchev–Trinajstić information content (AvgIpc) is 3.01. The predicted molar refractivity (Wildman–Crippen MR) is 114 cm³/mol. The highest BCUT2D eigenvalue weighted by molar-refractivity contribution is 14.0. The van der Waals surface area contributed by atoms with E-state index in [0.29, 0.717) is 12.4 Å². The predicted octanol–water partition coefficient (Wildman–Crippen LogP) is 4.15. The normalized spacial score (nSPS) is 11.8. The van der Waals surface area contributed by atoms with E-state index >= 15 is 0 Å². The summed E-state index contributed by atoms with van der Waals surface area (Å²) >= 11 is 5.89. The highest BCUT2D eigenvalue weighted by Gasteiger charge is 2.19. The fraction of sp³-hybridized carbons (Fsp3) is 0.444. The van der Waals surface area contributed by atoms with Crippen LogP contribution in [0.4, 0.5) is 0 Å². The quantitative estimate of drug-likeness (QED) is 0.387. The molecule has 5 nitrogen and oxygen atoms in total. The summed E-state index contributed by atoms with van der Waals surface area (Å²) in [6, 6.07) is 7.86. The standard InChI is InChI=1S/C18H25ClN4O.HI/c1-18(2,3)15-11-22-16(24-15)12-23-17(20-4)21-10-9-13-5-7-14(19)8-6-13;/h5-8,11H,9-10,12H2,1-4H3,(H2,20,21,23);1H. The summed E-state index contributed by atoms with van der Waals surface area (Å²) in [5.41, 5.74) is 1.19. The van der Waals surface area contributed by atoms with Gasteiger partial charge < -0.3 is 15.1 Å². The fourth-order valence-corrected chi connectivity index (χ4v) is 2.22. The van der Waals surface area contributed by atoms with Crippen molar-refractivity contribution in [3.63, 3.8) is 0 Å². The van der Waals surface area contributed by atoms with Gasteiger partial charge in [-0.15, -0.1) is 24.0 Å². The molecule has 2 aromatic rings. The summed E-state index contributed by atoms with van der Waals surface area (Å²) in [6.07, 6.45) is 2.68. The molecule has 1 aromatic heterocycles. The molecule has 2 rings (SSSR count). The number of rotatable bonds is 5. The van der Waals surface area contributed by atoms with Crippen LogP contribution < -0.4 is 10.6 Å². The van der Waals surface area contributed by atoms with Crippen molar-refractivity contribution in [2.45, 2.75) is 39.2 Å². The van der Waals surface area contributed by atoms with Crippen molar-refractivity contribution in [3.05, 3.63) is 52.7 Å². The highest BCUT2D eigenvalue weighted by Crippen LogP contribution is 2.22. The Balaban J connectivity index is 0.00000312. The molecule has 0 fully saturated rings. The number of hydrogen-bond donors (Lipinski definition) is 2. The molecular weight excluding hydrogens is 451 g/mol. The third-order valence-electron chi connectivity index (χ3n) is 3.54. The largest absolute Gasteiger partial charge is 0.443 e. The fourth-order valence-electron chi connectivity index (χ4n) is 2.09. The van der Waals surface area contributed by atoms with Crippen molar-refractivity contribution in [2.24, 2.45) is 4.99 Å². The number of guanidine groups is 1. The number of aromatic nitrogens is 1. The van der Waals surface area contributed by atoms with Gasteiger partial charge in [0.05, 0.1) is 12.7 Å². The lowest BCUT2D eigenvalue weighted by atomic mass is 9.94. The first-order valence-corrected chi connectivity index (χ1v) is 8.40. The third-order valence-corrected chi connectivity index (χ3v) is 3.79. The molecule has 0 atom stereocenters. The molecule has 0 spiro atoms. The average molecular weight is 477 g/mol. The second-order valence-electron chi connectivity index (χ2n) is 6.60. The lowest BCUT2D eigenvalue weighted by molar-refractivity contribution is 0.379. The number of benzene rings is 1. The summed E-state index contributed by atoms with van der Waals surface area (Å²) < 4.78 is 5.76. The molecule has 0 aliphatic carbocycles. The molecule has 0 radical (unpaired) electrons. The highest BCUT2D eigenvalue weighted by atomic mass is 127. The third kappa shape index (κ3) is 7.23. The van der Waals surface area contributed by atoms with Crippen molar-refractivity contribution in [1.29, 1.82) is 0 Å². The SMILES string of the molecule is CN=C(NCCc1ccc(Cl)cc1)NCc1ncc(C(C)(C)C)o1.I. The Kier molecular flexibility index (Phi) is 8.71. The van der Waals surface area contributed by atoms with E-state index in [1.165, 1.54) is 5.56 Å². The Hall–Kier alpha value is -1.28. The van der Waals surface area contributed by atoms with Crippen LogP contribution in [0.5, 0.6) is 0 Å². The molecule has 0 amide bonds. The van der Waals surface area contributed by atoms with Crippen LogP contribution in [-0.4, -0.2) is 24.5 Å². The first kappa shape index (κ1) is 21.8. The number of nitrogens with zero attached hydrogens (tertiary/aromatic N) is 2. The molecule has 2 N–H and O–H groups in total. The Morgan fingerprint density at radius 1 is 1.20 bits per heavy atom. The van der Waals surface area contributed by atoms with Gasteiger partial charge >= 0.3 is 0 Å². The summed E-state index contributed by atoms with van der Waals surface area (Å²) in [6.45, 7) is 7.57. The van der Waals surface area contributed by atoms with Crippen LogP contribution in [0.15, 0.2) is 39.9 Å². The molecule has 25 heavy (non-hydrogen) atoms. The molecule has 1 aromatic carbocycles. The Bertz CT molecular complexity index is 677. The molecular formula is C18H26ClIN4O. The van der Waals surface area contributed by atoms with Gasteiger partial charge in [0.1, 0.15) is 5.76 Å². The molecule has 0 unspecified atom stereocenters. The Morgan fingerprint density at radius 3 is 2.44 bits per heavy atom. The van der Waals surface area contributed by atoms with Crippen molar-refractivity contribution in [1.82, 2.24) is 15.6 Å². The van der Waals surface area contributed by atoms with E-state index in [9.17, 15) is 0 Å². The van der Waals surface area contributed by atoms with Gasteiger partial charge in [0, 0.05) is 24.0 Å². The Morgan fingerprint density at radius 2 is 1.88 bits per heavy atom. The van der Waals surface area contributed by atoms with E-state index in [1.807, 2.05) is 24.3 Å². The lowest BCUT2D eigenvalue weighted by Crippen LogP contribution is -2.37. The summed E-state index contributed by atoms with van der Waals surface area (Å²) in [5, 5.41) is 7.24. The number of nitrogens with one attached hydrogen (secondary N) is 2. The summed E-state index contributed by atoms with van der Waals surface area (Å²) in [5.74, 6) is 2.25. The molecule has 7 heteroatoms. The van der Waals surface area contributed by atoms with Crippen LogP contribution in [0.25, 0.3) is 0 Å². The summed E-state index contributed by atoms with van der Waals surface area (Å²) in [4.78, 5) is 8.51. The van der Waals surface area contributed by atoms with Gasteiger partial charge in [-0.05, 0) is 24.1 Å². The molecule has 0 aliphatic heterocycles. The van der Waals surface area contributed by atoms with Gasteiger partial charge in [-0.3, -0.25) is 4.99 Å². The maximum Gasteiger partial charge on any atom is 0.213 e. The van der Waals surface area contributed by atoms with E-state index in [1.54, 1.807) is 13.2 Å². The van der Waals surface area contributed by atoms with Crippen molar-refractivity contribution >= 4 is 41.5 Å². The zero-order chi connectivity index (χ0) is 17.6. The topological polar surface area (TPSA) is 62.5 Å². The number of hydrogen-bond acceptors (Lipinski definition) is 3. The van der Waals surface area contributed by atoms with Gasteiger partial charge in [-0.25, -0.2) is 4.98 Å². The van der Waals surface area contributed by atoms with E-state index in [4.69, 9.17) is 16.0 Å². The Labute approximate surface area is 171 Å². The smallest absolute Gasteiger partial charge is 0.213 e. The van der Waals surface area contributed by atoms with Crippen LogP contribution in [-0.2, 0) is 18.4 Å². The lowest BCUT2D eigenvalue weighted by Gasteiger charge is -2.13. The zero-order valence-electron chi connectivity index (χ0n) is 15.1. The van der Waals surface area contributed by atoms with Gasteiger partial charge in [-0.1, -0.05) is 44.5 Å². The minimum atomic E-state index is -0.0379. The number of halogens is 2. The van der Waals surface area contributed by atoms with E-state index in [0.717, 1.165) is 29.7 Å². The van der Waals surface area contributed by atoms with Crippen molar-refractivity contribution in [3.8, 4) is 0 Å². The maximum atomic E-state index is 5.89. The molecule has 0 saturated heterocycles. The van der Waals surface area contributed by atoms with Crippen LogP contribution in [0, 0.1) is 0 Å². The van der Waals surface area contributed by atoms with Gasteiger partial charge in [0.25, 0.3) is 0 Å². The number of oxazole rings is 1. The van der Waals surface area contributed by atoms with Gasteiger partial charge in [0.15, 0.2) is 5.96 Å². The first-order chi connectivity index (χ1) is 11.4. The minimum Gasteiger partial charge on any atom is -0.443 e. The maximum absolute atomic E-state index is 5.89. The van der Waals surface area contributed by atoms with Gasteiger partial charge in [0.2, 0.25) is 5.89 Å². The van der Waals surface area contributed by atoms with E-state index < -0.39 is 0 Å². The molecule has 138 valence electrons. The second-order valence-corrected chi connectivity index (χ2v) is 7.03. The van der Waals surface area contributed by atoms with Crippen molar-refractivity contribution < 1.29 is 4.42 Å². The van der Waals surface area contributed by atoms with Crippen LogP contribution >= 0.6 is 35.6 Å². The zero-order valence-corrected chi connectivity index (χ0v) is 18.2. The second kappa shape index (κ2) is 10.0. The van der Waals surface area contributed by atoms with E-state index in [2.05, 4.69) is 41.4 Å². The van der Waals surface area contributed by atoms with E-state index in [-0.39, 0.29) is 29.4 Å². The summed E-state index contributed by atoms with van der Waals surface area (Å²) in [7, 11) is 1.74. The van der Waals surface area contributed by atoms with Crippen LogP contribution in [0.2, 0.25) is 5.02 Å². The number of aliphatic imine (C=N–C) groups is 1. The van der Waals surface area contributed by atoms with Gasteiger partial charge in [-0.2, -0.15) is 0 Å². The van der Waals surface area contributed by atoms with Crippen LogP contribution in [0.3, 0.4) is 0 Å². The minimum absolute atomic E-state index is 0. The molecule has 0 bridgehead atoms. The molecule has 1 heterocycles. The molecule has 0 aliphatic rings. The van der Waals surface area contributed by atoms with Crippen LogP contribution in [0.1, 0.15) is 38.0 Å².